The van der Waals surface area contributed by atoms with Crippen molar-refractivity contribution in [2.24, 2.45) is 0 Å². The number of rotatable bonds is 4. The van der Waals surface area contributed by atoms with Gasteiger partial charge in [-0.05, 0) is 20.3 Å². The van der Waals surface area contributed by atoms with E-state index in [1.54, 1.807) is 11.9 Å². The quantitative estimate of drug-likeness (QED) is 0.422. The van der Waals surface area contributed by atoms with Crippen LogP contribution in [0.15, 0.2) is 0 Å². The lowest BCUT2D eigenvalue weighted by Gasteiger charge is -2.00. The molecule has 0 aliphatic rings. The molecule has 2 heteroatoms. The molecule has 0 rings (SSSR count). The van der Waals surface area contributed by atoms with Gasteiger partial charge in [0.2, 0.25) is 0 Å². The van der Waals surface area contributed by atoms with E-state index < -0.39 is 0 Å². The van der Waals surface area contributed by atoms with Crippen LogP contribution in [0.1, 0.15) is 27.2 Å². The summed E-state index contributed by atoms with van der Waals surface area (Å²) in [6.07, 6.45) is 1.22. The first-order valence-electron chi connectivity index (χ1n) is 3.09. The molecule has 1 radical (unpaired) electrons. The molecule has 0 aromatic heterocycles. The van der Waals surface area contributed by atoms with Crippen LogP contribution in [0.2, 0.25) is 0 Å². The molecule has 0 heterocycles. The maximum atomic E-state index is 4.23. The Kier molecular flexibility index (Phi) is 5.66. The van der Waals surface area contributed by atoms with Gasteiger partial charge in [-0.3, -0.25) is 0 Å². The molecule has 0 saturated carbocycles. The monoisotopic (exact) mass is 132 g/mol. The molecule has 0 amide bonds. The first-order valence-corrected chi connectivity index (χ1v) is 4.03. The summed E-state index contributed by atoms with van der Waals surface area (Å²) in [5.41, 5.74) is 0. The summed E-state index contributed by atoms with van der Waals surface area (Å²) in [7, 11) is 0. The molecule has 0 spiro atoms. The summed E-state index contributed by atoms with van der Waals surface area (Å²) in [6.45, 7) is 6.37. The average Bonchev–Trinajstić information content (AvgIpc) is 1.66. The van der Waals surface area contributed by atoms with Gasteiger partial charge in [0.05, 0.1) is 0 Å². The van der Waals surface area contributed by atoms with Crippen molar-refractivity contribution in [1.29, 1.82) is 0 Å². The molecule has 1 nitrogen and oxygen atoms in total. The minimum absolute atomic E-state index is 0.492. The van der Waals surface area contributed by atoms with Crippen molar-refractivity contribution in [1.82, 2.24) is 4.72 Å². The lowest BCUT2D eigenvalue weighted by Crippen LogP contribution is -2.06. The Balaban J connectivity index is 2.72. The molecule has 0 unspecified atom stereocenters. The van der Waals surface area contributed by atoms with Crippen molar-refractivity contribution in [2.45, 2.75) is 33.2 Å². The second-order valence-corrected chi connectivity index (χ2v) is 2.91. The number of hydrogen-bond acceptors (Lipinski definition) is 1. The van der Waals surface area contributed by atoms with E-state index in [-0.39, 0.29) is 0 Å². The van der Waals surface area contributed by atoms with E-state index in [2.05, 4.69) is 25.5 Å². The zero-order valence-corrected chi connectivity index (χ0v) is 6.66. The van der Waals surface area contributed by atoms with Gasteiger partial charge in [-0.1, -0.05) is 18.9 Å². The van der Waals surface area contributed by atoms with E-state index in [0.717, 1.165) is 5.75 Å². The van der Waals surface area contributed by atoms with E-state index >= 15 is 0 Å². The van der Waals surface area contributed by atoms with Gasteiger partial charge in [0.15, 0.2) is 0 Å². The average molecular weight is 132 g/mol. The minimum atomic E-state index is 0.492. The molecule has 0 aromatic carbocycles. The van der Waals surface area contributed by atoms with Gasteiger partial charge in [0.25, 0.3) is 0 Å². The molecule has 0 aliphatic heterocycles. The van der Waals surface area contributed by atoms with E-state index in [9.17, 15) is 0 Å². The van der Waals surface area contributed by atoms with Crippen LogP contribution in [0.25, 0.3) is 0 Å². The highest BCUT2D eigenvalue weighted by Gasteiger charge is 1.90. The number of hydrogen-bond donors (Lipinski definition) is 0. The normalized spacial score (nSPS) is 10.5. The molecule has 0 aliphatic carbocycles. The van der Waals surface area contributed by atoms with E-state index in [0.29, 0.717) is 6.04 Å². The van der Waals surface area contributed by atoms with Gasteiger partial charge in [-0.2, -0.15) is 4.72 Å². The summed E-state index contributed by atoms with van der Waals surface area (Å²) < 4.78 is 4.23. The van der Waals surface area contributed by atoms with Crippen LogP contribution in [0.4, 0.5) is 0 Å². The summed E-state index contributed by atoms with van der Waals surface area (Å²) >= 11 is 1.69. The summed E-state index contributed by atoms with van der Waals surface area (Å²) in [6, 6.07) is 0.492. The molecule has 0 aromatic rings. The van der Waals surface area contributed by atoms with Crippen LogP contribution in [0.3, 0.4) is 0 Å². The fourth-order valence-electron chi connectivity index (χ4n) is 0.293. The molecular formula is C6H14NS. The SMILES string of the molecule is CCCS[N]C(C)C. The Hall–Kier alpha value is 0.310. The Morgan fingerprint density at radius 2 is 2.12 bits per heavy atom. The van der Waals surface area contributed by atoms with Gasteiger partial charge < -0.3 is 0 Å². The summed E-state index contributed by atoms with van der Waals surface area (Å²) in [4.78, 5) is 0. The first kappa shape index (κ1) is 8.31. The molecule has 8 heavy (non-hydrogen) atoms. The molecule has 0 N–H and O–H groups in total. The Bertz CT molecular complexity index is 45.8. The Labute approximate surface area is 56.4 Å². The van der Waals surface area contributed by atoms with Crippen molar-refractivity contribution >= 4 is 11.9 Å². The molecular weight excluding hydrogens is 118 g/mol. The number of nitrogens with zero attached hydrogens (tertiary/aromatic N) is 1. The molecule has 0 bridgehead atoms. The topological polar surface area (TPSA) is 14.1 Å². The largest absolute Gasteiger partial charge is 0.173 e. The highest BCUT2D eigenvalue weighted by Crippen LogP contribution is 1.99. The third-order valence-electron chi connectivity index (χ3n) is 0.581. The van der Waals surface area contributed by atoms with Crippen LogP contribution < -0.4 is 4.72 Å². The Morgan fingerprint density at radius 3 is 2.50 bits per heavy atom. The second kappa shape index (κ2) is 5.45. The predicted molar refractivity (Wildman–Crippen MR) is 40.0 cm³/mol. The van der Waals surface area contributed by atoms with Gasteiger partial charge >= 0.3 is 0 Å². The second-order valence-electron chi connectivity index (χ2n) is 2.03. The standard InChI is InChI=1S/C6H14NS/c1-4-5-8-7-6(2)3/h6H,4-5H2,1-3H3. The van der Waals surface area contributed by atoms with Crippen molar-refractivity contribution < 1.29 is 0 Å². The van der Waals surface area contributed by atoms with Crippen LogP contribution in [-0.4, -0.2) is 11.8 Å². The van der Waals surface area contributed by atoms with E-state index in [1.165, 1.54) is 6.42 Å². The van der Waals surface area contributed by atoms with Crippen molar-refractivity contribution in [2.75, 3.05) is 5.75 Å². The molecule has 0 fully saturated rings. The van der Waals surface area contributed by atoms with Crippen LogP contribution in [-0.2, 0) is 0 Å². The third-order valence-corrected chi connectivity index (χ3v) is 1.74. The van der Waals surface area contributed by atoms with Crippen LogP contribution in [0, 0.1) is 0 Å². The molecule has 0 saturated heterocycles. The predicted octanol–water partition coefficient (Wildman–Crippen LogP) is 2.06. The molecule has 49 valence electrons. The molecule has 0 atom stereocenters. The maximum absolute atomic E-state index is 4.23. The summed E-state index contributed by atoms with van der Waals surface area (Å²) in [5, 5.41) is 0. The zero-order valence-electron chi connectivity index (χ0n) is 5.85. The minimum Gasteiger partial charge on any atom is -0.173 e. The maximum Gasteiger partial charge on any atom is 0.0312 e. The highest BCUT2D eigenvalue weighted by atomic mass is 32.2. The lowest BCUT2D eigenvalue weighted by molar-refractivity contribution is 0.759. The van der Waals surface area contributed by atoms with Crippen LogP contribution >= 0.6 is 11.9 Å². The van der Waals surface area contributed by atoms with Crippen molar-refractivity contribution in [3.05, 3.63) is 0 Å². The van der Waals surface area contributed by atoms with Crippen LogP contribution in [0.5, 0.6) is 0 Å². The fraction of sp³-hybridized carbons (Fsp3) is 1.00. The van der Waals surface area contributed by atoms with Gasteiger partial charge in [0.1, 0.15) is 0 Å². The summed E-state index contributed by atoms with van der Waals surface area (Å²) in [5.74, 6) is 1.16. The lowest BCUT2D eigenvalue weighted by atomic mass is 10.4. The zero-order chi connectivity index (χ0) is 6.41. The van der Waals surface area contributed by atoms with E-state index in [1.807, 2.05) is 0 Å². The van der Waals surface area contributed by atoms with Gasteiger partial charge in [-0.15, -0.1) is 0 Å². The van der Waals surface area contributed by atoms with Gasteiger partial charge in [-0.25, -0.2) is 0 Å². The van der Waals surface area contributed by atoms with Crippen molar-refractivity contribution in [3.8, 4) is 0 Å². The smallest absolute Gasteiger partial charge is 0.0312 e. The highest BCUT2D eigenvalue weighted by molar-refractivity contribution is 7.97. The van der Waals surface area contributed by atoms with Crippen molar-refractivity contribution in [3.63, 3.8) is 0 Å². The third kappa shape index (κ3) is 6.31. The Morgan fingerprint density at radius 1 is 1.50 bits per heavy atom. The first-order chi connectivity index (χ1) is 3.77. The van der Waals surface area contributed by atoms with Gasteiger partial charge in [0, 0.05) is 11.8 Å². The fourth-order valence-corrected chi connectivity index (χ4v) is 0.879. The van der Waals surface area contributed by atoms with E-state index in [4.69, 9.17) is 0 Å².